The number of rotatable bonds is 1. The normalized spacial score (nSPS) is 17.0. The highest BCUT2D eigenvalue weighted by Crippen LogP contribution is 2.37. The molecule has 0 atom stereocenters. The fourth-order valence-corrected chi connectivity index (χ4v) is 1.45. The number of hydrogen-bond donors (Lipinski definition) is 1. The Labute approximate surface area is 70.6 Å². The van der Waals surface area contributed by atoms with Gasteiger partial charge in [0.1, 0.15) is 5.65 Å². The second-order valence-electron chi connectivity index (χ2n) is 3.22. The quantitative estimate of drug-likeness (QED) is 0.675. The molecule has 1 aliphatic carbocycles. The average molecular weight is 157 g/mol. The molecule has 1 fully saturated rings. The summed E-state index contributed by atoms with van der Waals surface area (Å²) < 4.78 is 0. The summed E-state index contributed by atoms with van der Waals surface area (Å²) in [5.41, 5.74) is 2.18. The molecular formula is C10H9N2. The van der Waals surface area contributed by atoms with E-state index in [9.17, 15) is 0 Å². The lowest BCUT2D eigenvalue weighted by molar-refractivity contribution is 1.21. The molecule has 2 heteroatoms. The van der Waals surface area contributed by atoms with E-state index >= 15 is 0 Å². The van der Waals surface area contributed by atoms with Gasteiger partial charge < -0.3 is 4.98 Å². The molecule has 2 aromatic rings. The standard InChI is InChI=1S/C10H9N2/c1-2-7(1)9-4-3-8-5-6-11-10(8)12-9/h3-6H,1-2H2,(H,11,12). The van der Waals surface area contributed by atoms with Gasteiger partial charge in [-0.05, 0) is 31.0 Å². The van der Waals surface area contributed by atoms with Gasteiger partial charge in [0.2, 0.25) is 0 Å². The zero-order valence-corrected chi connectivity index (χ0v) is 6.67. The van der Waals surface area contributed by atoms with E-state index in [1.54, 1.807) is 0 Å². The summed E-state index contributed by atoms with van der Waals surface area (Å²) >= 11 is 0. The summed E-state index contributed by atoms with van der Waals surface area (Å²) in [6.07, 6.45) is 4.40. The van der Waals surface area contributed by atoms with Crippen LogP contribution in [-0.4, -0.2) is 9.97 Å². The number of nitrogens with zero attached hydrogens (tertiary/aromatic N) is 1. The molecule has 0 unspecified atom stereocenters. The maximum absolute atomic E-state index is 4.50. The zero-order valence-electron chi connectivity index (χ0n) is 6.67. The topological polar surface area (TPSA) is 28.7 Å². The number of hydrogen-bond acceptors (Lipinski definition) is 1. The highest BCUT2D eigenvalue weighted by Gasteiger charge is 2.25. The molecule has 0 bridgehead atoms. The minimum absolute atomic E-state index is 1.01. The van der Waals surface area contributed by atoms with Gasteiger partial charge in [-0.1, -0.05) is 0 Å². The smallest absolute Gasteiger partial charge is 0.137 e. The molecule has 1 radical (unpaired) electrons. The van der Waals surface area contributed by atoms with Gasteiger partial charge in [-0.3, -0.25) is 0 Å². The van der Waals surface area contributed by atoms with Crippen LogP contribution in [0.2, 0.25) is 0 Å². The predicted octanol–water partition coefficient (Wildman–Crippen LogP) is 2.28. The van der Waals surface area contributed by atoms with E-state index in [1.807, 2.05) is 12.3 Å². The van der Waals surface area contributed by atoms with Crippen molar-refractivity contribution in [3.05, 3.63) is 36.0 Å². The van der Waals surface area contributed by atoms with Gasteiger partial charge in [0, 0.05) is 23.2 Å². The van der Waals surface area contributed by atoms with Crippen molar-refractivity contribution in [2.45, 2.75) is 12.8 Å². The van der Waals surface area contributed by atoms with Crippen molar-refractivity contribution in [1.82, 2.24) is 9.97 Å². The van der Waals surface area contributed by atoms with Crippen molar-refractivity contribution in [2.75, 3.05) is 0 Å². The van der Waals surface area contributed by atoms with Gasteiger partial charge in [-0.25, -0.2) is 4.98 Å². The SMILES string of the molecule is c1cc2ccc([C]3CC3)nc2[nH]1. The van der Waals surface area contributed by atoms with Crippen LogP contribution in [0, 0.1) is 5.92 Å². The zero-order chi connectivity index (χ0) is 7.97. The van der Waals surface area contributed by atoms with E-state index in [2.05, 4.69) is 22.1 Å². The first-order chi connectivity index (χ1) is 5.93. The number of nitrogens with one attached hydrogen (secondary N) is 1. The van der Waals surface area contributed by atoms with Crippen molar-refractivity contribution in [2.24, 2.45) is 0 Å². The van der Waals surface area contributed by atoms with Crippen LogP contribution in [0.3, 0.4) is 0 Å². The second-order valence-corrected chi connectivity index (χ2v) is 3.22. The molecule has 0 aromatic carbocycles. The van der Waals surface area contributed by atoms with E-state index in [0.29, 0.717) is 0 Å². The molecule has 1 saturated carbocycles. The third-order valence-electron chi connectivity index (χ3n) is 2.27. The third kappa shape index (κ3) is 0.843. The Morgan fingerprint density at radius 3 is 2.92 bits per heavy atom. The van der Waals surface area contributed by atoms with Crippen molar-refractivity contribution < 1.29 is 0 Å². The van der Waals surface area contributed by atoms with Crippen molar-refractivity contribution in [3.63, 3.8) is 0 Å². The highest BCUT2D eigenvalue weighted by molar-refractivity contribution is 5.75. The molecule has 2 nitrogen and oxygen atoms in total. The maximum Gasteiger partial charge on any atom is 0.137 e. The number of aromatic nitrogens is 2. The molecule has 2 heterocycles. The van der Waals surface area contributed by atoms with Crippen LogP contribution in [0.15, 0.2) is 24.4 Å². The maximum atomic E-state index is 4.50. The van der Waals surface area contributed by atoms with E-state index < -0.39 is 0 Å². The van der Waals surface area contributed by atoms with Crippen molar-refractivity contribution >= 4 is 11.0 Å². The molecule has 0 saturated heterocycles. The summed E-state index contributed by atoms with van der Waals surface area (Å²) in [6, 6.07) is 6.28. The summed E-state index contributed by atoms with van der Waals surface area (Å²) in [4.78, 5) is 7.62. The van der Waals surface area contributed by atoms with Crippen LogP contribution in [0.5, 0.6) is 0 Å². The number of H-pyrrole nitrogens is 1. The first kappa shape index (κ1) is 6.23. The highest BCUT2D eigenvalue weighted by atomic mass is 14.9. The largest absolute Gasteiger partial charge is 0.346 e. The van der Waals surface area contributed by atoms with Crippen LogP contribution < -0.4 is 0 Å². The van der Waals surface area contributed by atoms with E-state index in [4.69, 9.17) is 0 Å². The van der Waals surface area contributed by atoms with Crippen LogP contribution in [0.1, 0.15) is 18.5 Å². The van der Waals surface area contributed by atoms with Gasteiger partial charge >= 0.3 is 0 Å². The van der Waals surface area contributed by atoms with Crippen LogP contribution in [0.4, 0.5) is 0 Å². The Hall–Kier alpha value is -1.31. The monoisotopic (exact) mass is 157 g/mol. The van der Waals surface area contributed by atoms with Crippen LogP contribution in [0.25, 0.3) is 11.0 Å². The fraction of sp³-hybridized carbons (Fsp3) is 0.200. The van der Waals surface area contributed by atoms with Crippen molar-refractivity contribution in [3.8, 4) is 0 Å². The molecule has 12 heavy (non-hydrogen) atoms. The molecule has 0 amide bonds. The third-order valence-corrected chi connectivity index (χ3v) is 2.27. The Bertz CT molecular complexity index is 412. The molecule has 59 valence electrons. The lowest BCUT2D eigenvalue weighted by Gasteiger charge is -1.95. The van der Waals surface area contributed by atoms with Gasteiger partial charge in [0.05, 0.1) is 0 Å². The molecule has 0 spiro atoms. The minimum atomic E-state index is 1.01. The Kier molecular flexibility index (Phi) is 1.09. The molecule has 2 aromatic heterocycles. The van der Waals surface area contributed by atoms with Gasteiger partial charge in [0.25, 0.3) is 0 Å². The number of pyridine rings is 1. The minimum Gasteiger partial charge on any atom is -0.346 e. The predicted molar refractivity (Wildman–Crippen MR) is 47.7 cm³/mol. The molecule has 1 N–H and O–H groups in total. The van der Waals surface area contributed by atoms with Crippen LogP contribution in [-0.2, 0) is 0 Å². The Balaban J connectivity index is 2.21. The molecule has 0 aliphatic heterocycles. The summed E-state index contributed by atoms with van der Waals surface area (Å²) in [5, 5.41) is 1.19. The molecular weight excluding hydrogens is 148 g/mol. The molecule has 1 aliphatic rings. The average Bonchev–Trinajstić information content (AvgIpc) is 2.84. The van der Waals surface area contributed by atoms with E-state index in [0.717, 1.165) is 5.65 Å². The lowest BCUT2D eigenvalue weighted by Crippen LogP contribution is -1.85. The Morgan fingerprint density at radius 2 is 2.08 bits per heavy atom. The number of fused-ring (bicyclic) bond motifs is 1. The second kappa shape index (κ2) is 2.09. The lowest BCUT2D eigenvalue weighted by atomic mass is 10.2. The summed E-state index contributed by atoms with van der Waals surface area (Å²) in [7, 11) is 0. The summed E-state index contributed by atoms with van der Waals surface area (Å²) in [6.45, 7) is 0. The van der Waals surface area contributed by atoms with Gasteiger partial charge in [-0.2, -0.15) is 0 Å². The molecule has 3 rings (SSSR count). The van der Waals surface area contributed by atoms with Crippen molar-refractivity contribution in [1.29, 1.82) is 0 Å². The first-order valence-corrected chi connectivity index (χ1v) is 4.23. The first-order valence-electron chi connectivity index (χ1n) is 4.23. The van der Waals surface area contributed by atoms with Crippen LogP contribution >= 0.6 is 0 Å². The Morgan fingerprint density at radius 1 is 1.17 bits per heavy atom. The summed E-state index contributed by atoms with van der Waals surface area (Å²) in [5.74, 6) is 1.49. The van der Waals surface area contributed by atoms with Gasteiger partial charge in [0.15, 0.2) is 0 Å². The number of aromatic amines is 1. The van der Waals surface area contributed by atoms with E-state index in [-0.39, 0.29) is 0 Å². The van der Waals surface area contributed by atoms with Gasteiger partial charge in [-0.15, -0.1) is 0 Å². The fourth-order valence-electron chi connectivity index (χ4n) is 1.45. The van der Waals surface area contributed by atoms with E-state index in [1.165, 1.54) is 29.8 Å².